The van der Waals surface area contributed by atoms with Gasteiger partial charge in [-0.05, 0) is 61.7 Å². The molecule has 2 aromatic heterocycles. The lowest BCUT2D eigenvalue weighted by atomic mass is 10.0. The molecule has 2 amide bonds. The quantitative estimate of drug-likeness (QED) is 0.296. The Hall–Kier alpha value is -4.49. The average Bonchev–Trinajstić information content (AvgIpc) is 3.81. The normalized spacial score (nSPS) is 16.5. The van der Waals surface area contributed by atoms with Gasteiger partial charge in [0, 0.05) is 48.9 Å². The first-order valence-corrected chi connectivity index (χ1v) is 14.7. The molecule has 2 aromatic carbocycles. The minimum Gasteiger partial charge on any atom is -0.497 e. The molecular weight excluding hydrogens is 589 g/mol. The Balaban J connectivity index is 1.23. The first-order chi connectivity index (χ1) is 21.6. The number of ether oxygens (including phenoxy) is 1. The van der Waals surface area contributed by atoms with Gasteiger partial charge in [0.1, 0.15) is 11.3 Å². The van der Waals surface area contributed by atoms with Crippen molar-refractivity contribution in [2.24, 2.45) is 5.92 Å². The smallest absolute Gasteiger partial charge is 0.433 e. The van der Waals surface area contributed by atoms with Gasteiger partial charge in [0.05, 0.1) is 31.6 Å². The molecule has 236 valence electrons. The highest BCUT2D eigenvalue weighted by Gasteiger charge is 2.39. The summed E-state index contributed by atoms with van der Waals surface area (Å²) in [6.45, 7) is 2.59. The highest BCUT2D eigenvalue weighted by Crippen LogP contribution is 2.37. The Labute approximate surface area is 257 Å². The van der Waals surface area contributed by atoms with E-state index in [0.717, 1.165) is 24.6 Å². The van der Waals surface area contributed by atoms with Crippen molar-refractivity contribution in [2.45, 2.75) is 32.0 Å². The fourth-order valence-corrected chi connectivity index (χ4v) is 5.84. The third-order valence-corrected chi connectivity index (χ3v) is 8.45. The lowest BCUT2D eigenvalue weighted by Gasteiger charge is -2.38. The van der Waals surface area contributed by atoms with E-state index in [1.807, 2.05) is 29.2 Å². The van der Waals surface area contributed by atoms with Crippen LogP contribution < -0.4 is 10.1 Å². The molecule has 1 aliphatic carbocycles. The second-order valence-corrected chi connectivity index (χ2v) is 11.4. The molecule has 6 rings (SSSR count). The summed E-state index contributed by atoms with van der Waals surface area (Å²) in [7, 11) is 1.50. The zero-order valence-corrected chi connectivity index (χ0v) is 24.8. The third-order valence-electron chi connectivity index (χ3n) is 8.45. The molecular formula is C32H33F3N6O4. The van der Waals surface area contributed by atoms with E-state index < -0.39 is 17.8 Å². The van der Waals surface area contributed by atoms with Gasteiger partial charge < -0.3 is 20.1 Å². The molecule has 2 aliphatic rings. The maximum absolute atomic E-state index is 14.3. The first-order valence-electron chi connectivity index (χ1n) is 14.7. The van der Waals surface area contributed by atoms with Gasteiger partial charge in [-0.2, -0.15) is 18.3 Å². The predicted octanol–water partition coefficient (Wildman–Crippen LogP) is 4.57. The van der Waals surface area contributed by atoms with Crippen LogP contribution in [0.2, 0.25) is 0 Å². The van der Waals surface area contributed by atoms with E-state index in [9.17, 15) is 27.9 Å². The van der Waals surface area contributed by atoms with E-state index in [4.69, 9.17) is 4.74 Å². The van der Waals surface area contributed by atoms with Crippen molar-refractivity contribution in [3.05, 3.63) is 77.1 Å². The van der Waals surface area contributed by atoms with E-state index in [-0.39, 0.29) is 60.0 Å². The molecule has 13 heteroatoms. The predicted molar refractivity (Wildman–Crippen MR) is 160 cm³/mol. The summed E-state index contributed by atoms with van der Waals surface area (Å²) in [4.78, 5) is 34.1. The number of aromatic nitrogens is 3. The Kier molecular flexibility index (Phi) is 8.23. The number of amides is 2. The van der Waals surface area contributed by atoms with Crippen LogP contribution in [0.15, 0.2) is 54.7 Å². The highest BCUT2D eigenvalue weighted by molar-refractivity contribution is 6.00. The number of aliphatic hydroxyl groups excluding tert-OH is 1. The van der Waals surface area contributed by atoms with Crippen molar-refractivity contribution in [2.75, 3.05) is 45.2 Å². The minimum absolute atomic E-state index is 0.00404. The zero-order valence-electron chi connectivity index (χ0n) is 24.8. The molecule has 2 N–H and O–H groups in total. The van der Waals surface area contributed by atoms with Crippen LogP contribution in [-0.2, 0) is 11.0 Å². The average molecular weight is 623 g/mol. The summed E-state index contributed by atoms with van der Waals surface area (Å²) < 4.78 is 48.8. The summed E-state index contributed by atoms with van der Waals surface area (Å²) in [6.07, 6.45) is -1.82. The summed E-state index contributed by atoms with van der Waals surface area (Å²) >= 11 is 0. The molecule has 0 unspecified atom stereocenters. The molecule has 0 spiro atoms. The molecule has 2 fully saturated rings. The van der Waals surface area contributed by atoms with Crippen molar-refractivity contribution in [3.8, 4) is 17.0 Å². The largest absolute Gasteiger partial charge is 0.497 e. The molecule has 1 saturated carbocycles. The maximum atomic E-state index is 14.3. The Morgan fingerprint density at radius 1 is 1.09 bits per heavy atom. The number of hydrogen-bond acceptors (Lipinski definition) is 7. The maximum Gasteiger partial charge on any atom is 0.433 e. The molecule has 0 bridgehead atoms. The van der Waals surface area contributed by atoms with Crippen LogP contribution in [0.25, 0.3) is 16.9 Å². The summed E-state index contributed by atoms with van der Waals surface area (Å²) in [6, 6.07) is 13.5. The van der Waals surface area contributed by atoms with Gasteiger partial charge >= 0.3 is 6.18 Å². The van der Waals surface area contributed by atoms with E-state index in [2.05, 4.69) is 15.4 Å². The SMILES string of the molecule is COc1ccc(-c2nc3c(C(=O)N4CCN([C@H](CO)c5cccc(NC(=O)C6CC6)c5)CC4)cnn3c(C(F)(F)F)c2C)cc1. The topological polar surface area (TPSA) is 112 Å². The molecule has 4 aromatic rings. The molecule has 0 radical (unpaired) electrons. The number of carbonyl (C=O) groups is 2. The number of carbonyl (C=O) groups excluding carboxylic acids is 2. The minimum atomic E-state index is -4.75. The fraction of sp³-hybridized carbons (Fsp3) is 0.375. The van der Waals surface area contributed by atoms with E-state index in [0.29, 0.717) is 34.6 Å². The summed E-state index contributed by atoms with van der Waals surface area (Å²) in [5, 5.41) is 17.2. The standard InChI is InChI=1S/C32H33F3N6O4/c1-19-27(20-8-10-24(45-2)11-9-20)38-29-25(17-36-41(29)28(19)32(33,34)35)31(44)40-14-12-39(13-15-40)26(18-42)22-4-3-5-23(16-22)37-30(43)21-6-7-21/h3-5,8-11,16-17,21,26,42H,6-7,12-15,18H2,1-2H3,(H,37,43)/t26-/m1/s1. The Morgan fingerprint density at radius 2 is 1.80 bits per heavy atom. The second kappa shape index (κ2) is 12.1. The van der Waals surface area contributed by atoms with Gasteiger partial charge in [-0.3, -0.25) is 14.5 Å². The number of fused-ring (bicyclic) bond motifs is 1. The number of halogens is 3. The number of rotatable bonds is 8. The van der Waals surface area contributed by atoms with Gasteiger partial charge in [0.25, 0.3) is 5.91 Å². The van der Waals surface area contributed by atoms with Crippen LogP contribution in [0, 0.1) is 12.8 Å². The van der Waals surface area contributed by atoms with Gasteiger partial charge in [0.2, 0.25) is 5.91 Å². The fourth-order valence-electron chi connectivity index (χ4n) is 5.84. The van der Waals surface area contributed by atoms with Crippen LogP contribution >= 0.6 is 0 Å². The Bertz CT molecular complexity index is 1730. The third kappa shape index (κ3) is 6.09. The van der Waals surface area contributed by atoms with Crippen LogP contribution in [0.3, 0.4) is 0 Å². The lowest BCUT2D eigenvalue weighted by Crippen LogP contribution is -2.50. The number of nitrogens with zero attached hydrogens (tertiary/aromatic N) is 5. The van der Waals surface area contributed by atoms with Gasteiger partial charge in [0.15, 0.2) is 11.3 Å². The highest BCUT2D eigenvalue weighted by atomic mass is 19.4. The van der Waals surface area contributed by atoms with E-state index in [1.165, 1.54) is 14.0 Å². The molecule has 1 atom stereocenters. The number of benzene rings is 2. The van der Waals surface area contributed by atoms with Crippen molar-refractivity contribution < 1.29 is 32.6 Å². The number of anilines is 1. The molecule has 1 aliphatic heterocycles. The zero-order chi connectivity index (χ0) is 31.9. The van der Waals surface area contributed by atoms with Gasteiger partial charge in [-0.25, -0.2) is 9.50 Å². The van der Waals surface area contributed by atoms with E-state index in [1.54, 1.807) is 29.2 Å². The number of aliphatic hydroxyl groups is 1. The number of hydrogen-bond donors (Lipinski definition) is 2. The number of alkyl halides is 3. The lowest BCUT2D eigenvalue weighted by molar-refractivity contribution is -0.143. The first kappa shape index (κ1) is 30.5. The monoisotopic (exact) mass is 622 g/mol. The second-order valence-electron chi connectivity index (χ2n) is 11.4. The molecule has 3 heterocycles. The summed E-state index contributed by atoms with van der Waals surface area (Å²) in [5.74, 6) is 0.134. The number of methoxy groups -OCH3 is 1. The van der Waals surface area contributed by atoms with Crippen molar-refractivity contribution >= 4 is 23.1 Å². The molecule has 1 saturated heterocycles. The van der Waals surface area contributed by atoms with Crippen LogP contribution in [0.4, 0.5) is 18.9 Å². The van der Waals surface area contributed by atoms with Crippen molar-refractivity contribution in [3.63, 3.8) is 0 Å². The summed E-state index contributed by atoms with van der Waals surface area (Å²) in [5.41, 5.74) is 0.731. The van der Waals surface area contributed by atoms with Crippen molar-refractivity contribution in [1.82, 2.24) is 24.4 Å². The number of nitrogens with one attached hydrogen (secondary N) is 1. The van der Waals surface area contributed by atoms with Crippen LogP contribution in [0.5, 0.6) is 5.75 Å². The molecule has 10 nitrogen and oxygen atoms in total. The van der Waals surface area contributed by atoms with Crippen LogP contribution in [0.1, 0.15) is 46.1 Å². The number of piperazine rings is 1. The molecule has 45 heavy (non-hydrogen) atoms. The van der Waals surface area contributed by atoms with Crippen LogP contribution in [-0.4, -0.2) is 81.2 Å². The van der Waals surface area contributed by atoms with E-state index >= 15 is 0 Å². The van der Waals surface area contributed by atoms with Gasteiger partial charge in [-0.1, -0.05) is 12.1 Å². The van der Waals surface area contributed by atoms with Gasteiger partial charge in [-0.15, -0.1) is 0 Å². The Morgan fingerprint density at radius 3 is 2.42 bits per heavy atom. The van der Waals surface area contributed by atoms with Crippen molar-refractivity contribution in [1.29, 1.82) is 0 Å².